The lowest BCUT2D eigenvalue weighted by atomic mass is 9.81. The molecule has 0 aromatic carbocycles. The zero-order chi connectivity index (χ0) is 14.7. The molecule has 2 nitrogen and oxygen atoms in total. The molecule has 1 aliphatic heterocycles. The van der Waals surface area contributed by atoms with Gasteiger partial charge in [-0.2, -0.15) is 11.3 Å². The monoisotopic (exact) mass is 306 g/mol. The van der Waals surface area contributed by atoms with Gasteiger partial charge in [-0.05, 0) is 61.4 Å². The Balaban J connectivity index is 1.64. The Morgan fingerprint density at radius 1 is 1.29 bits per heavy atom. The lowest BCUT2D eigenvalue weighted by Crippen LogP contribution is -2.63. The van der Waals surface area contributed by atoms with E-state index >= 15 is 0 Å². The maximum Gasteiger partial charge on any atom is 0.0252 e. The van der Waals surface area contributed by atoms with Crippen LogP contribution in [0.1, 0.15) is 51.5 Å². The van der Waals surface area contributed by atoms with Crippen LogP contribution in [0.5, 0.6) is 0 Å². The third kappa shape index (κ3) is 4.08. The van der Waals surface area contributed by atoms with Crippen LogP contribution in [0.4, 0.5) is 0 Å². The first-order valence-corrected chi connectivity index (χ1v) is 9.58. The summed E-state index contributed by atoms with van der Waals surface area (Å²) >= 11 is 1.82. The summed E-state index contributed by atoms with van der Waals surface area (Å²) in [6.45, 7) is 8.30. The Kier molecular flexibility index (Phi) is 5.03. The van der Waals surface area contributed by atoms with E-state index in [1.165, 1.54) is 63.7 Å². The molecule has 2 fully saturated rings. The fraction of sp³-hybridized carbons (Fsp3) is 0.778. The number of nitrogens with one attached hydrogen (secondary N) is 1. The van der Waals surface area contributed by atoms with Gasteiger partial charge in [-0.25, -0.2) is 0 Å². The average Bonchev–Trinajstić information content (AvgIpc) is 2.98. The molecule has 3 heteroatoms. The predicted molar refractivity (Wildman–Crippen MR) is 92.0 cm³/mol. The smallest absolute Gasteiger partial charge is 0.0252 e. The summed E-state index contributed by atoms with van der Waals surface area (Å²) in [5, 5.41) is 8.30. The summed E-state index contributed by atoms with van der Waals surface area (Å²) in [5.41, 5.74) is 1.78. The van der Waals surface area contributed by atoms with Gasteiger partial charge >= 0.3 is 0 Å². The van der Waals surface area contributed by atoms with Crippen LogP contribution in [-0.2, 0) is 6.42 Å². The first-order valence-electron chi connectivity index (χ1n) is 8.64. The third-order valence-electron chi connectivity index (χ3n) is 5.32. The van der Waals surface area contributed by atoms with Gasteiger partial charge in [0.15, 0.2) is 0 Å². The van der Waals surface area contributed by atoms with Crippen molar-refractivity contribution < 1.29 is 0 Å². The van der Waals surface area contributed by atoms with Gasteiger partial charge in [0.2, 0.25) is 0 Å². The molecule has 2 aliphatic rings. The molecule has 1 atom stereocenters. The highest BCUT2D eigenvalue weighted by molar-refractivity contribution is 7.07. The van der Waals surface area contributed by atoms with E-state index in [1.807, 2.05) is 11.3 Å². The Morgan fingerprint density at radius 3 is 2.81 bits per heavy atom. The number of hydrogen-bond acceptors (Lipinski definition) is 3. The molecule has 1 unspecified atom stereocenters. The highest BCUT2D eigenvalue weighted by Gasteiger charge is 2.36. The van der Waals surface area contributed by atoms with Crippen molar-refractivity contribution in [3.63, 3.8) is 0 Å². The molecular formula is C18H30N2S. The van der Waals surface area contributed by atoms with Gasteiger partial charge in [0.1, 0.15) is 0 Å². The van der Waals surface area contributed by atoms with E-state index in [-0.39, 0.29) is 5.54 Å². The Hall–Kier alpha value is -0.380. The van der Waals surface area contributed by atoms with Gasteiger partial charge in [0, 0.05) is 31.2 Å². The second-order valence-electron chi connectivity index (χ2n) is 7.58. The molecule has 1 N–H and O–H groups in total. The molecule has 1 aromatic rings. The molecule has 21 heavy (non-hydrogen) atoms. The molecule has 118 valence electrons. The summed E-state index contributed by atoms with van der Waals surface area (Å²) < 4.78 is 0. The average molecular weight is 307 g/mol. The van der Waals surface area contributed by atoms with Crippen molar-refractivity contribution in [1.29, 1.82) is 0 Å². The van der Waals surface area contributed by atoms with Gasteiger partial charge in [-0.15, -0.1) is 0 Å². The fourth-order valence-electron chi connectivity index (χ4n) is 4.13. The topological polar surface area (TPSA) is 15.3 Å². The van der Waals surface area contributed by atoms with Crippen molar-refractivity contribution in [2.75, 3.05) is 19.6 Å². The van der Waals surface area contributed by atoms with Crippen LogP contribution in [-0.4, -0.2) is 36.1 Å². The van der Waals surface area contributed by atoms with Gasteiger partial charge in [-0.1, -0.05) is 19.3 Å². The van der Waals surface area contributed by atoms with Crippen LogP contribution >= 0.6 is 11.3 Å². The standard InChI is InChI=1S/C18H30N2S/c1-18(2)14-20(10-8-15-9-11-21-13-15)17(12-19-18)16-6-4-3-5-7-16/h9,11,13,16-17,19H,3-8,10,12,14H2,1-2H3. The van der Waals surface area contributed by atoms with E-state index < -0.39 is 0 Å². The fourth-order valence-corrected chi connectivity index (χ4v) is 4.83. The van der Waals surface area contributed by atoms with Crippen LogP contribution < -0.4 is 5.32 Å². The number of rotatable bonds is 4. The maximum atomic E-state index is 3.79. The highest BCUT2D eigenvalue weighted by atomic mass is 32.1. The maximum absolute atomic E-state index is 3.79. The minimum Gasteiger partial charge on any atom is -0.309 e. The summed E-state index contributed by atoms with van der Waals surface area (Å²) in [7, 11) is 0. The molecule has 0 spiro atoms. The molecular weight excluding hydrogens is 276 g/mol. The van der Waals surface area contributed by atoms with E-state index in [9.17, 15) is 0 Å². The number of piperazine rings is 1. The summed E-state index contributed by atoms with van der Waals surface area (Å²) in [6, 6.07) is 3.05. The van der Waals surface area contributed by atoms with Crippen LogP contribution in [0.3, 0.4) is 0 Å². The molecule has 0 bridgehead atoms. The molecule has 1 saturated carbocycles. The van der Waals surface area contributed by atoms with E-state index in [2.05, 4.69) is 40.9 Å². The molecule has 1 saturated heterocycles. The van der Waals surface area contributed by atoms with E-state index in [4.69, 9.17) is 0 Å². The number of hydrogen-bond donors (Lipinski definition) is 1. The Bertz CT molecular complexity index is 420. The first-order chi connectivity index (χ1) is 10.1. The summed E-state index contributed by atoms with van der Waals surface area (Å²) in [5.74, 6) is 0.921. The van der Waals surface area contributed by atoms with Gasteiger partial charge in [0.25, 0.3) is 0 Å². The van der Waals surface area contributed by atoms with Gasteiger partial charge in [0.05, 0.1) is 0 Å². The van der Waals surface area contributed by atoms with E-state index in [1.54, 1.807) is 0 Å². The second-order valence-corrected chi connectivity index (χ2v) is 8.36. The minimum absolute atomic E-state index is 0.264. The molecule has 0 radical (unpaired) electrons. The van der Waals surface area contributed by atoms with Crippen LogP contribution in [0.25, 0.3) is 0 Å². The molecule has 1 aromatic heterocycles. The third-order valence-corrected chi connectivity index (χ3v) is 6.05. The highest BCUT2D eigenvalue weighted by Crippen LogP contribution is 2.31. The second kappa shape index (κ2) is 6.80. The predicted octanol–water partition coefficient (Wildman–Crippen LogP) is 3.92. The normalized spacial score (nSPS) is 27.8. The van der Waals surface area contributed by atoms with Crippen LogP contribution in [0, 0.1) is 5.92 Å². The lowest BCUT2D eigenvalue weighted by Gasteiger charge is -2.48. The van der Waals surface area contributed by atoms with E-state index in [0.29, 0.717) is 0 Å². The van der Waals surface area contributed by atoms with Gasteiger partial charge < -0.3 is 5.32 Å². The van der Waals surface area contributed by atoms with Crippen molar-refractivity contribution in [2.45, 2.75) is 64.0 Å². The van der Waals surface area contributed by atoms with E-state index in [0.717, 1.165) is 12.0 Å². The Morgan fingerprint density at radius 2 is 2.10 bits per heavy atom. The zero-order valence-corrected chi connectivity index (χ0v) is 14.4. The molecule has 0 amide bonds. The van der Waals surface area contributed by atoms with Crippen molar-refractivity contribution in [2.24, 2.45) is 5.92 Å². The van der Waals surface area contributed by atoms with Crippen molar-refractivity contribution in [3.05, 3.63) is 22.4 Å². The summed E-state index contributed by atoms with van der Waals surface area (Å²) in [4.78, 5) is 2.80. The Labute approximate surface area is 133 Å². The van der Waals surface area contributed by atoms with Crippen molar-refractivity contribution in [3.8, 4) is 0 Å². The van der Waals surface area contributed by atoms with Crippen molar-refractivity contribution in [1.82, 2.24) is 10.2 Å². The minimum atomic E-state index is 0.264. The quantitative estimate of drug-likeness (QED) is 0.907. The number of nitrogens with zero attached hydrogens (tertiary/aromatic N) is 1. The molecule has 3 rings (SSSR count). The van der Waals surface area contributed by atoms with Crippen molar-refractivity contribution >= 4 is 11.3 Å². The van der Waals surface area contributed by atoms with Gasteiger partial charge in [-0.3, -0.25) is 4.90 Å². The first kappa shape index (κ1) is 15.5. The zero-order valence-electron chi connectivity index (χ0n) is 13.6. The number of thiophene rings is 1. The van der Waals surface area contributed by atoms with Crippen LogP contribution in [0.15, 0.2) is 16.8 Å². The largest absolute Gasteiger partial charge is 0.309 e. The van der Waals surface area contributed by atoms with Crippen LogP contribution in [0.2, 0.25) is 0 Å². The lowest BCUT2D eigenvalue weighted by molar-refractivity contribution is 0.0489. The molecule has 2 heterocycles. The summed E-state index contributed by atoms with van der Waals surface area (Å²) in [6.07, 6.45) is 8.45. The SMILES string of the molecule is CC1(C)CN(CCc2ccsc2)C(C2CCCCC2)CN1. The molecule has 1 aliphatic carbocycles.